The van der Waals surface area contributed by atoms with Crippen LogP contribution in [0.1, 0.15) is 20.8 Å². The fraction of sp³-hybridized carbons (Fsp3) is 0.368. The first kappa shape index (κ1) is 17.7. The molecule has 0 spiro atoms. The Morgan fingerprint density at radius 3 is 2.17 bits per heavy atom. The minimum absolute atomic E-state index is 0.307. The lowest BCUT2D eigenvalue weighted by molar-refractivity contribution is -0.0739. The van der Waals surface area contributed by atoms with E-state index in [-0.39, 0.29) is 6.29 Å². The first-order valence-corrected chi connectivity index (χ1v) is 8.74. The lowest BCUT2D eigenvalue weighted by Gasteiger charge is -2.16. The number of benzene rings is 2. The van der Waals surface area contributed by atoms with E-state index in [1.807, 2.05) is 61.2 Å². The highest BCUT2D eigenvalue weighted by molar-refractivity contribution is 7.99. The molecule has 0 amide bonds. The maximum absolute atomic E-state index is 5.74. The van der Waals surface area contributed by atoms with Crippen molar-refractivity contribution in [2.45, 2.75) is 37.2 Å². The van der Waals surface area contributed by atoms with Crippen molar-refractivity contribution in [2.75, 3.05) is 13.2 Å². The molecule has 0 bridgehead atoms. The molecule has 2 aromatic rings. The number of hydrogen-bond acceptors (Lipinski definition) is 4. The van der Waals surface area contributed by atoms with Gasteiger partial charge in [-0.3, -0.25) is 0 Å². The van der Waals surface area contributed by atoms with Gasteiger partial charge < -0.3 is 14.2 Å². The Labute approximate surface area is 143 Å². The Bertz CT molecular complexity index is 555. The maximum atomic E-state index is 5.74. The Morgan fingerprint density at radius 2 is 1.52 bits per heavy atom. The number of ether oxygens (including phenoxy) is 3. The second-order valence-electron chi connectivity index (χ2n) is 5.36. The van der Waals surface area contributed by atoms with E-state index in [0.717, 1.165) is 11.5 Å². The molecule has 4 heteroatoms. The Balaban J connectivity index is 1.67. The monoisotopic (exact) mass is 332 g/mol. The van der Waals surface area contributed by atoms with Gasteiger partial charge in [0.05, 0.1) is 6.61 Å². The maximum Gasteiger partial charge on any atom is 0.197 e. The zero-order chi connectivity index (χ0) is 16.5. The molecule has 0 fully saturated rings. The van der Waals surface area contributed by atoms with E-state index in [1.165, 1.54) is 4.90 Å². The Morgan fingerprint density at radius 1 is 0.826 bits per heavy atom. The molecular formula is C19H24O3S. The van der Waals surface area contributed by atoms with E-state index in [4.69, 9.17) is 14.2 Å². The quantitative estimate of drug-likeness (QED) is 0.367. The van der Waals surface area contributed by atoms with Crippen molar-refractivity contribution < 1.29 is 14.2 Å². The van der Waals surface area contributed by atoms with Gasteiger partial charge in [-0.1, -0.05) is 32.0 Å². The number of para-hydroxylation sites is 1. The third-order valence-electron chi connectivity index (χ3n) is 2.95. The Hall–Kier alpha value is -1.65. The van der Waals surface area contributed by atoms with Crippen LogP contribution in [0.3, 0.4) is 0 Å². The van der Waals surface area contributed by atoms with Crippen LogP contribution in [0.2, 0.25) is 0 Å². The molecule has 0 aliphatic heterocycles. The van der Waals surface area contributed by atoms with Gasteiger partial charge in [0.15, 0.2) is 6.29 Å². The summed E-state index contributed by atoms with van der Waals surface area (Å²) in [6, 6.07) is 17.8. The van der Waals surface area contributed by atoms with E-state index in [0.29, 0.717) is 18.5 Å². The summed E-state index contributed by atoms with van der Waals surface area (Å²) < 4.78 is 16.9. The molecule has 0 saturated carbocycles. The third kappa shape index (κ3) is 6.97. The van der Waals surface area contributed by atoms with Crippen LogP contribution in [0.25, 0.3) is 0 Å². The van der Waals surface area contributed by atoms with E-state index in [1.54, 1.807) is 0 Å². The van der Waals surface area contributed by atoms with E-state index in [2.05, 4.69) is 26.0 Å². The van der Waals surface area contributed by atoms with Gasteiger partial charge >= 0.3 is 0 Å². The lowest BCUT2D eigenvalue weighted by Crippen LogP contribution is -2.19. The molecule has 0 aliphatic carbocycles. The summed E-state index contributed by atoms with van der Waals surface area (Å²) >= 11 is 1.84. The van der Waals surface area contributed by atoms with Crippen molar-refractivity contribution in [3.63, 3.8) is 0 Å². The van der Waals surface area contributed by atoms with Gasteiger partial charge in [0.25, 0.3) is 0 Å². The van der Waals surface area contributed by atoms with Crippen LogP contribution in [0.4, 0.5) is 0 Å². The van der Waals surface area contributed by atoms with Crippen molar-refractivity contribution in [2.24, 2.45) is 0 Å². The largest absolute Gasteiger partial charge is 0.491 e. The molecule has 124 valence electrons. The second-order valence-corrected chi connectivity index (χ2v) is 7.01. The summed E-state index contributed by atoms with van der Waals surface area (Å²) in [7, 11) is 0. The molecule has 0 aliphatic rings. The molecular weight excluding hydrogens is 308 g/mol. The van der Waals surface area contributed by atoms with E-state index < -0.39 is 0 Å². The van der Waals surface area contributed by atoms with Gasteiger partial charge in [0, 0.05) is 10.1 Å². The molecule has 0 saturated heterocycles. The topological polar surface area (TPSA) is 27.7 Å². The number of hydrogen-bond donors (Lipinski definition) is 0. The van der Waals surface area contributed by atoms with E-state index in [9.17, 15) is 0 Å². The van der Waals surface area contributed by atoms with Gasteiger partial charge in [-0.15, -0.1) is 11.8 Å². The lowest BCUT2D eigenvalue weighted by atomic mass is 10.3. The number of thioether (sulfide) groups is 1. The van der Waals surface area contributed by atoms with Crippen molar-refractivity contribution >= 4 is 11.8 Å². The van der Waals surface area contributed by atoms with Gasteiger partial charge in [-0.05, 0) is 43.3 Å². The Kier molecular flexibility index (Phi) is 7.30. The average molecular weight is 332 g/mol. The normalized spacial score (nSPS) is 12.2. The highest BCUT2D eigenvalue weighted by atomic mass is 32.2. The van der Waals surface area contributed by atoms with Crippen molar-refractivity contribution in [1.29, 1.82) is 0 Å². The molecule has 0 heterocycles. The molecule has 0 aromatic heterocycles. The minimum Gasteiger partial charge on any atom is -0.491 e. The predicted octanol–water partition coefficient (Wildman–Crippen LogP) is 5.01. The van der Waals surface area contributed by atoms with Crippen molar-refractivity contribution in [3.8, 4) is 11.5 Å². The minimum atomic E-state index is -0.307. The zero-order valence-corrected chi connectivity index (χ0v) is 14.7. The predicted molar refractivity (Wildman–Crippen MR) is 95.4 cm³/mol. The molecule has 3 nitrogen and oxygen atoms in total. The average Bonchev–Trinajstić information content (AvgIpc) is 2.54. The summed E-state index contributed by atoms with van der Waals surface area (Å²) in [6.07, 6.45) is -0.307. The summed E-state index contributed by atoms with van der Waals surface area (Å²) in [5.41, 5.74) is 0. The fourth-order valence-corrected chi connectivity index (χ4v) is 2.82. The van der Waals surface area contributed by atoms with Crippen LogP contribution >= 0.6 is 11.8 Å². The van der Waals surface area contributed by atoms with Crippen LogP contribution in [0, 0.1) is 0 Å². The van der Waals surface area contributed by atoms with E-state index >= 15 is 0 Å². The van der Waals surface area contributed by atoms with Crippen LogP contribution in [0.15, 0.2) is 59.5 Å². The highest BCUT2D eigenvalue weighted by Gasteiger charge is 2.05. The number of rotatable bonds is 9. The summed E-state index contributed by atoms with van der Waals surface area (Å²) in [5.74, 6) is 1.66. The first-order chi connectivity index (χ1) is 11.1. The van der Waals surface area contributed by atoms with Crippen molar-refractivity contribution in [1.82, 2.24) is 0 Å². The molecule has 0 radical (unpaired) electrons. The third-order valence-corrected chi connectivity index (χ3v) is 3.96. The molecule has 1 atom stereocenters. The van der Waals surface area contributed by atoms with Gasteiger partial charge in [-0.25, -0.2) is 0 Å². The van der Waals surface area contributed by atoms with Crippen LogP contribution in [-0.4, -0.2) is 24.8 Å². The smallest absolute Gasteiger partial charge is 0.197 e. The summed E-state index contributed by atoms with van der Waals surface area (Å²) in [4.78, 5) is 1.25. The molecule has 1 unspecified atom stereocenters. The molecule has 23 heavy (non-hydrogen) atoms. The van der Waals surface area contributed by atoms with Gasteiger partial charge in [0.1, 0.15) is 18.1 Å². The fourth-order valence-electron chi connectivity index (χ4n) is 1.98. The summed E-state index contributed by atoms with van der Waals surface area (Å²) in [6.45, 7) is 7.24. The molecule has 0 N–H and O–H groups in total. The van der Waals surface area contributed by atoms with Crippen molar-refractivity contribution in [3.05, 3.63) is 54.6 Å². The second kappa shape index (κ2) is 9.48. The highest BCUT2D eigenvalue weighted by Crippen LogP contribution is 2.25. The van der Waals surface area contributed by atoms with Crippen LogP contribution < -0.4 is 9.47 Å². The molecule has 2 rings (SSSR count). The van der Waals surface area contributed by atoms with Crippen LogP contribution in [-0.2, 0) is 4.74 Å². The standard InChI is InChI=1S/C19H24O3S/c1-15(2)23-19-11-9-18(10-12-19)22-16(3)20-13-14-21-17-7-5-4-6-8-17/h4-12,15-16H,13-14H2,1-3H3. The zero-order valence-electron chi connectivity index (χ0n) is 13.9. The van der Waals surface area contributed by atoms with Gasteiger partial charge in [-0.2, -0.15) is 0 Å². The van der Waals surface area contributed by atoms with Crippen LogP contribution in [0.5, 0.6) is 11.5 Å². The SMILES string of the molecule is CC(OCCOc1ccccc1)Oc1ccc(SC(C)C)cc1. The molecule has 2 aromatic carbocycles. The van der Waals surface area contributed by atoms with Gasteiger partial charge in [0.2, 0.25) is 0 Å². The first-order valence-electron chi connectivity index (χ1n) is 7.86. The summed E-state index contributed by atoms with van der Waals surface area (Å²) in [5, 5.41) is 0.577.